The molecule has 0 fully saturated rings. The lowest BCUT2D eigenvalue weighted by atomic mass is 10.1. The highest BCUT2D eigenvalue weighted by atomic mass is 16.5. The number of ether oxygens (including phenoxy) is 1. The quantitative estimate of drug-likeness (QED) is 0.630. The van der Waals surface area contributed by atoms with Crippen molar-refractivity contribution in [2.45, 2.75) is 40.2 Å². The Morgan fingerprint density at radius 3 is 2.42 bits per heavy atom. The molecule has 0 spiro atoms. The van der Waals surface area contributed by atoms with Crippen molar-refractivity contribution in [2.24, 2.45) is 0 Å². The van der Waals surface area contributed by atoms with Crippen molar-refractivity contribution in [1.29, 1.82) is 0 Å². The number of benzene rings is 1. The van der Waals surface area contributed by atoms with Gasteiger partial charge in [-0.3, -0.25) is 19.7 Å². The van der Waals surface area contributed by atoms with Crippen LogP contribution in [0.25, 0.3) is 0 Å². The molecule has 1 aromatic rings. The van der Waals surface area contributed by atoms with E-state index in [1.165, 1.54) is 0 Å². The molecular formula is C18H25N3O5. The van der Waals surface area contributed by atoms with Gasteiger partial charge in [-0.05, 0) is 50.5 Å². The van der Waals surface area contributed by atoms with Crippen LogP contribution in [0.2, 0.25) is 0 Å². The summed E-state index contributed by atoms with van der Waals surface area (Å²) in [5.74, 6) is -1.94. The highest BCUT2D eigenvalue weighted by Crippen LogP contribution is 2.09. The van der Waals surface area contributed by atoms with Crippen LogP contribution in [0.5, 0.6) is 0 Å². The molecule has 0 saturated heterocycles. The van der Waals surface area contributed by atoms with E-state index < -0.39 is 30.4 Å². The van der Waals surface area contributed by atoms with Gasteiger partial charge in [0.2, 0.25) is 0 Å². The summed E-state index contributed by atoms with van der Waals surface area (Å²) in [6, 6.07) is 4.47. The topological polar surface area (TPSA) is 114 Å². The van der Waals surface area contributed by atoms with Crippen LogP contribution in [-0.2, 0) is 14.3 Å². The summed E-state index contributed by atoms with van der Waals surface area (Å²) < 4.78 is 4.72. The van der Waals surface area contributed by atoms with Gasteiger partial charge in [0.05, 0.1) is 0 Å². The van der Waals surface area contributed by atoms with Crippen LogP contribution < -0.4 is 16.0 Å². The van der Waals surface area contributed by atoms with E-state index in [1.54, 1.807) is 19.1 Å². The van der Waals surface area contributed by atoms with Crippen molar-refractivity contribution in [1.82, 2.24) is 16.0 Å². The Morgan fingerprint density at radius 1 is 1.12 bits per heavy atom. The molecule has 0 unspecified atom stereocenters. The Kier molecular flexibility index (Phi) is 8.27. The summed E-state index contributed by atoms with van der Waals surface area (Å²) in [7, 11) is 0. The highest BCUT2D eigenvalue weighted by molar-refractivity contribution is 5.97. The number of amides is 4. The lowest BCUT2D eigenvalue weighted by molar-refractivity contribution is -0.147. The predicted octanol–water partition coefficient (Wildman–Crippen LogP) is 1.20. The first kappa shape index (κ1) is 21.1. The Bertz CT molecular complexity index is 687. The van der Waals surface area contributed by atoms with E-state index in [0.717, 1.165) is 17.5 Å². The van der Waals surface area contributed by atoms with Crippen LogP contribution in [0.1, 0.15) is 41.8 Å². The largest absolute Gasteiger partial charge is 0.454 e. The lowest BCUT2D eigenvalue weighted by Gasteiger charge is -2.12. The van der Waals surface area contributed by atoms with E-state index in [9.17, 15) is 19.2 Å². The molecule has 8 nitrogen and oxygen atoms in total. The monoisotopic (exact) mass is 363 g/mol. The first-order valence-electron chi connectivity index (χ1n) is 8.34. The Balaban J connectivity index is 2.33. The fourth-order valence-electron chi connectivity index (χ4n) is 1.86. The smallest absolute Gasteiger partial charge is 0.325 e. The van der Waals surface area contributed by atoms with Crippen LogP contribution in [-0.4, -0.2) is 43.0 Å². The van der Waals surface area contributed by atoms with E-state index in [-0.39, 0.29) is 12.6 Å². The third-order valence-electron chi connectivity index (χ3n) is 3.77. The van der Waals surface area contributed by atoms with E-state index >= 15 is 0 Å². The number of esters is 1. The number of rotatable bonds is 7. The average Bonchev–Trinajstić information content (AvgIpc) is 2.59. The van der Waals surface area contributed by atoms with Crippen LogP contribution in [0, 0.1) is 13.8 Å². The maximum atomic E-state index is 12.0. The maximum absolute atomic E-state index is 12.0. The fourth-order valence-corrected chi connectivity index (χ4v) is 1.86. The number of imide groups is 1. The highest BCUT2D eigenvalue weighted by Gasteiger charge is 2.13. The SMILES string of the molecule is CC[C@H](C)NC(=O)NC(=O)COC(=O)CNC(=O)c1ccc(C)c(C)c1. The van der Waals surface area contributed by atoms with Crippen molar-refractivity contribution < 1.29 is 23.9 Å². The number of carbonyl (C=O) groups is 4. The number of aryl methyl sites for hydroxylation is 2. The molecule has 0 bridgehead atoms. The molecule has 0 radical (unpaired) electrons. The molecule has 8 heteroatoms. The van der Waals surface area contributed by atoms with Crippen molar-refractivity contribution in [2.75, 3.05) is 13.2 Å². The third kappa shape index (κ3) is 7.33. The second-order valence-corrected chi connectivity index (χ2v) is 5.97. The van der Waals surface area contributed by atoms with E-state index in [4.69, 9.17) is 4.74 Å². The second kappa shape index (κ2) is 10.2. The zero-order valence-corrected chi connectivity index (χ0v) is 15.5. The molecular weight excluding hydrogens is 338 g/mol. The molecule has 0 heterocycles. The molecule has 1 aromatic carbocycles. The molecule has 4 amide bonds. The zero-order chi connectivity index (χ0) is 19.7. The fraction of sp³-hybridized carbons (Fsp3) is 0.444. The summed E-state index contributed by atoms with van der Waals surface area (Å²) in [6.45, 7) is 6.52. The van der Waals surface area contributed by atoms with E-state index in [2.05, 4.69) is 10.6 Å². The molecule has 1 atom stereocenters. The van der Waals surface area contributed by atoms with Crippen molar-refractivity contribution in [3.05, 3.63) is 34.9 Å². The number of urea groups is 1. The summed E-state index contributed by atoms with van der Waals surface area (Å²) in [6.07, 6.45) is 0.719. The van der Waals surface area contributed by atoms with E-state index in [1.807, 2.05) is 32.2 Å². The van der Waals surface area contributed by atoms with Crippen molar-refractivity contribution >= 4 is 23.8 Å². The van der Waals surface area contributed by atoms with Gasteiger partial charge >= 0.3 is 12.0 Å². The van der Waals surface area contributed by atoms with Gasteiger partial charge in [0.15, 0.2) is 6.61 Å². The molecule has 26 heavy (non-hydrogen) atoms. The molecule has 3 N–H and O–H groups in total. The Hall–Kier alpha value is -2.90. The number of hydrogen-bond donors (Lipinski definition) is 3. The van der Waals surface area contributed by atoms with Crippen molar-refractivity contribution in [3.8, 4) is 0 Å². The normalized spacial score (nSPS) is 11.2. The third-order valence-corrected chi connectivity index (χ3v) is 3.77. The summed E-state index contributed by atoms with van der Waals surface area (Å²) in [5, 5.41) is 7.01. The van der Waals surface area contributed by atoms with Crippen LogP contribution >= 0.6 is 0 Å². The summed E-state index contributed by atoms with van der Waals surface area (Å²) in [4.78, 5) is 46.5. The zero-order valence-electron chi connectivity index (χ0n) is 15.5. The summed E-state index contributed by atoms with van der Waals surface area (Å²) in [5.41, 5.74) is 2.46. The second-order valence-electron chi connectivity index (χ2n) is 5.97. The first-order chi connectivity index (χ1) is 12.2. The van der Waals surface area contributed by atoms with Gasteiger partial charge in [-0.15, -0.1) is 0 Å². The first-order valence-corrected chi connectivity index (χ1v) is 8.34. The average molecular weight is 363 g/mol. The van der Waals surface area contributed by atoms with Crippen LogP contribution in [0.3, 0.4) is 0 Å². The van der Waals surface area contributed by atoms with Crippen LogP contribution in [0.15, 0.2) is 18.2 Å². The van der Waals surface area contributed by atoms with Gasteiger partial charge in [-0.25, -0.2) is 4.79 Å². The number of carbonyl (C=O) groups excluding carboxylic acids is 4. The molecule has 0 saturated carbocycles. The number of hydrogen-bond acceptors (Lipinski definition) is 5. The minimum Gasteiger partial charge on any atom is -0.454 e. The molecule has 0 aliphatic rings. The van der Waals surface area contributed by atoms with Gasteiger partial charge < -0.3 is 15.4 Å². The maximum Gasteiger partial charge on any atom is 0.325 e. The number of nitrogens with one attached hydrogen (secondary N) is 3. The molecule has 0 aromatic heterocycles. The minimum atomic E-state index is -0.778. The molecule has 142 valence electrons. The van der Waals surface area contributed by atoms with Gasteiger partial charge in [-0.1, -0.05) is 13.0 Å². The van der Waals surface area contributed by atoms with Gasteiger partial charge in [-0.2, -0.15) is 0 Å². The summed E-state index contributed by atoms with van der Waals surface area (Å²) >= 11 is 0. The minimum absolute atomic E-state index is 0.0778. The Labute approximate surface area is 152 Å². The van der Waals surface area contributed by atoms with E-state index in [0.29, 0.717) is 5.56 Å². The van der Waals surface area contributed by atoms with Gasteiger partial charge in [0.1, 0.15) is 6.54 Å². The molecule has 0 aliphatic heterocycles. The predicted molar refractivity (Wildman–Crippen MR) is 95.6 cm³/mol. The standard InChI is InChI=1S/C18H25N3O5/c1-5-13(4)20-18(25)21-15(22)10-26-16(23)9-19-17(24)14-7-6-11(2)12(3)8-14/h6-8,13H,5,9-10H2,1-4H3,(H,19,24)(H2,20,21,22,25)/t13-/m0/s1. The van der Waals surface area contributed by atoms with Crippen LogP contribution in [0.4, 0.5) is 4.79 Å². The van der Waals surface area contributed by atoms with Gasteiger partial charge in [0, 0.05) is 11.6 Å². The van der Waals surface area contributed by atoms with Crippen molar-refractivity contribution in [3.63, 3.8) is 0 Å². The van der Waals surface area contributed by atoms with Gasteiger partial charge in [0.25, 0.3) is 11.8 Å². The lowest BCUT2D eigenvalue weighted by Crippen LogP contribution is -2.45. The molecule has 1 rings (SSSR count). The molecule has 0 aliphatic carbocycles. The Morgan fingerprint density at radius 2 is 1.81 bits per heavy atom.